The summed E-state index contributed by atoms with van der Waals surface area (Å²) in [4.78, 5) is 12.0. The van der Waals surface area contributed by atoms with Gasteiger partial charge in [0.15, 0.2) is 11.5 Å². The molecule has 1 aliphatic rings. The molecule has 3 rings (SSSR count). The van der Waals surface area contributed by atoms with Crippen molar-refractivity contribution < 1.29 is 14.3 Å². The van der Waals surface area contributed by atoms with Gasteiger partial charge in [-0.05, 0) is 35.9 Å². The lowest BCUT2D eigenvalue weighted by molar-refractivity contribution is -0.111. The summed E-state index contributed by atoms with van der Waals surface area (Å²) in [6, 6.07) is 10.4. The zero-order valence-corrected chi connectivity index (χ0v) is 13.5. The van der Waals surface area contributed by atoms with E-state index < -0.39 is 0 Å². The lowest BCUT2D eigenvalue weighted by Gasteiger charge is -2.18. The Morgan fingerprint density at radius 3 is 2.57 bits per heavy atom. The lowest BCUT2D eigenvalue weighted by atomic mass is 10.2. The molecule has 6 heteroatoms. The third-order valence-corrected chi connectivity index (χ3v) is 3.92. The minimum atomic E-state index is -0.257. The minimum Gasteiger partial charge on any atom is -0.486 e. The highest BCUT2D eigenvalue weighted by Gasteiger charge is 2.12. The molecule has 23 heavy (non-hydrogen) atoms. The molecule has 0 aliphatic carbocycles. The Bertz CT molecular complexity index is 774. The molecule has 2 aromatic carbocycles. The van der Waals surface area contributed by atoms with Crippen LogP contribution in [0.1, 0.15) is 5.56 Å². The molecule has 0 saturated carbocycles. The van der Waals surface area contributed by atoms with Crippen LogP contribution in [-0.2, 0) is 4.79 Å². The van der Waals surface area contributed by atoms with Crippen LogP contribution in [0.4, 0.5) is 5.69 Å². The monoisotopic (exact) mass is 349 g/mol. The second-order valence-electron chi connectivity index (χ2n) is 4.85. The molecule has 1 N–H and O–H groups in total. The number of fused-ring (bicyclic) bond motifs is 1. The first-order valence-corrected chi connectivity index (χ1v) is 7.71. The molecule has 1 heterocycles. The van der Waals surface area contributed by atoms with E-state index in [4.69, 9.17) is 32.7 Å². The highest BCUT2D eigenvalue weighted by Crippen LogP contribution is 2.32. The normalized spacial score (nSPS) is 13.1. The molecular weight excluding hydrogens is 337 g/mol. The number of ether oxygens (including phenoxy) is 2. The number of amides is 1. The summed E-state index contributed by atoms with van der Waals surface area (Å²) < 4.78 is 10.9. The average molecular weight is 350 g/mol. The van der Waals surface area contributed by atoms with E-state index in [2.05, 4.69) is 5.32 Å². The van der Waals surface area contributed by atoms with Gasteiger partial charge in [0.05, 0.1) is 10.0 Å². The van der Waals surface area contributed by atoms with Gasteiger partial charge in [0.1, 0.15) is 13.2 Å². The first-order valence-electron chi connectivity index (χ1n) is 6.95. The molecule has 2 aromatic rings. The van der Waals surface area contributed by atoms with Gasteiger partial charge in [0.2, 0.25) is 5.91 Å². The molecule has 4 nitrogen and oxygen atoms in total. The molecule has 1 aliphatic heterocycles. The molecule has 0 fully saturated rings. The Balaban J connectivity index is 1.67. The quantitative estimate of drug-likeness (QED) is 0.834. The van der Waals surface area contributed by atoms with Crippen LogP contribution in [-0.4, -0.2) is 19.1 Å². The van der Waals surface area contributed by atoms with Crippen LogP contribution in [0.25, 0.3) is 6.08 Å². The first-order chi connectivity index (χ1) is 11.1. The van der Waals surface area contributed by atoms with Crippen molar-refractivity contribution in [3.05, 3.63) is 58.1 Å². The van der Waals surface area contributed by atoms with E-state index in [1.807, 2.05) is 0 Å². The largest absolute Gasteiger partial charge is 0.486 e. The predicted octanol–water partition coefficient (Wildman–Crippen LogP) is 4.42. The average Bonchev–Trinajstić information content (AvgIpc) is 2.56. The fourth-order valence-corrected chi connectivity index (χ4v) is 2.40. The van der Waals surface area contributed by atoms with Gasteiger partial charge in [-0.2, -0.15) is 0 Å². The van der Waals surface area contributed by atoms with Crippen LogP contribution in [0, 0.1) is 0 Å². The van der Waals surface area contributed by atoms with Gasteiger partial charge < -0.3 is 14.8 Å². The number of hydrogen-bond acceptors (Lipinski definition) is 3. The molecule has 0 bridgehead atoms. The Morgan fingerprint density at radius 1 is 1.00 bits per heavy atom. The maximum Gasteiger partial charge on any atom is 0.248 e. The van der Waals surface area contributed by atoms with E-state index in [0.29, 0.717) is 40.4 Å². The molecule has 0 spiro atoms. The van der Waals surface area contributed by atoms with Crippen LogP contribution in [0.2, 0.25) is 10.0 Å². The smallest absolute Gasteiger partial charge is 0.248 e. The molecule has 118 valence electrons. The molecule has 0 radical (unpaired) electrons. The van der Waals surface area contributed by atoms with Crippen LogP contribution in [0.3, 0.4) is 0 Å². The van der Waals surface area contributed by atoms with Crippen LogP contribution in [0.15, 0.2) is 42.5 Å². The van der Waals surface area contributed by atoms with E-state index in [1.54, 1.807) is 42.5 Å². The number of carbonyl (C=O) groups is 1. The van der Waals surface area contributed by atoms with Crippen molar-refractivity contribution in [1.82, 2.24) is 0 Å². The van der Waals surface area contributed by atoms with Crippen molar-refractivity contribution in [2.45, 2.75) is 0 Å². The Morgan fingerprint density at radius 2 is 1.78 bits per heavy atom. The highest BCUT2D eigenvalue weighted by atomic mass is 35.5. The maximum atomic E-state index is 12.0. The number of rotatable bonds is 3. The topological polar surface area (TPSA) is 47.6 Å². The second kappa shape index (κ2) is 6.94. The predicted molar refractivity (Wildman–Crippen MR) is 91.6 cm³/mol. The van der Waals surface area contributed by atoms with Gasteiger partial charge >= 0.3 is 0 Å². The molecule has 0 atom stereocenters. The first kappa shape index (κ1) is 15.7. The third kappa shape index (κ3) is 3.97. The van der Waals surface area contributed by atoms with Crippen LogP contribution < -0.4 is 14.8 Å². The summed E-state index contributed by atoms with van der Waals surface area (Å²) in [6.07, 6.45) is 3.09. The Hall–Kier alpha value is -2.17. The molecular formula is C17H13Cl2NO3. The summed E-state index contributed by atoms with van der Waals surface area (Å²) in [5.41, 5.74) is 1.43. The van der Waals surface area contributed by atoms with Gasteiger partial charge in [-0.3, -0.25) is 4.79 Å². The zero-order chi connectivity index (χ0) is 16.2. The number of halogens is 2. The van der Waals surface area contributed by atoms with Crippen molar-refractivity contribution in [2.75, 3.05) is 18.5 Å². The number of benzene rings is 2. The number of carbonyl (C=O) groups excluding carboxylic acids is 1. The van der Waals surface area contributed by atoms with Gasteiger partial charge in [-0.25, -0.2) is 0 Å². The standard InChI is InChI=1S/C17H13Cl2NO3/c18-13-4-1-11(9-14(13)19)2-6-17(21)20-12-3-5-15-16(10-12)23-8-7-22-15/h1-6,9-10H,7-8H2,(H,20,21)/b6-2+. The second-order valence-corrected chi connectivity index (χ2v) is 5.67. The fraction of sp³-hybridized carbons (Fsp3) is 0.118. The zero-order valence-electron chi connectivity index (χ0n) is 12.0. The Labute approximate surface area is 143 Å². The van der Waals surface area contributed by atoms with Crippen LogP contribution in [0.5, 0.6) is 11.5 Å². The van der Waals surface area contributed by atoms with Crippen LogP contribution >= 0.6 is 23.2 Å². The summed E-state index contributed by atoms with van der Waals surface area (Å²) in [5.74, 6) is 1.05. The van der Waals surface area contributed by atoms with E-state index in [1.165, 1.54) is 6.08 Å². The van der Waals surface area contributed by atoms with E-state index in [-0.39, 0.29) is 5.91 Å². The maximum absolute atomic E-state index is 12.0. The third-order valence-electron chi connectivity index (χ3n) is 3.18. The molecule has 0 unspecified atom stereocenters. The van der Waals surface area contributed by atoms with Gasteiger partial charge in [0, 0.05) is 17.8 Å². The summed E-state index contributed by atoms with van der Waals surface area (Å²) in [7, 11) is 0. The molecule has 1 amide bonds. The number of anilines is 1. The van der Waals surface area contributed by atoms with Gasteiger partial charge in [-0.15, -0.1) is 0 Å². The number of hydrogen-bond donors (Lipinski definition) is 1. The SMILES string of the molecule is O=C(/C=C/c1ccc(Cl)c(Cl)c1)Nc1ccc2c(c1)OCCO2. The van der Waals surface area contributed by atoms with Crippen molar-refractivity contribution in [3.8, 4) is 11.5 Å². The summed E-state index contributed by atoms with van der Waals surface area (Å²) in [6.45, 7) is 1.03. The highest BCUT2D eigenvalue weighted by molar-refractivity contribution is 6.42. The van der Waals surface area contributed by atoms with Gasteiger partial charge in [-0.1, -0.05) is 29.3 Å². The number of nitrogens with one attached hydrogen (secondary N) is 1. The fourth-order valence-electron chi connectivity index (χ4n) is 2.09. The van der Waals surface area contributed by atoms with Crippen molar-refractivity contribution in [2.24, 2.45) is 0 Å². The van der Waals surface area contributed by atoms with E-state index >= 15 is 0 Å². The minimum absolute atomic E-state index is 0.257. The molecule has 0 aromatic heterocycles. The van der Waals surface area contributed by atoms with Crippen molar-refractivity contribution in [3.63, 3.8) is 0 Å². The molecule has 0 saturated heterocycles. The van der Waals surface area contributed by atoms with E-state index in [9.17, 15) is 4.79 Å². The summed E-state index contributed by atoms with van der Waals surface area (Å²) in [5, 5.41) is 3.69. The summed E-state index contributed by atoms with van der Waals surface area (Å²) >= 11 is 11.8. The van der Waals surface area contributed by atoms with Gasteiger partial charge in [0.25, 0.3) is 0 Å². The van der Waals surface area contributed by atoms with Crippen molar-refractivity contribution >= 4 is 40.9 Å². The van der Waals surface area contributed by atoms with E-state index in [0.717, 1.165) is 5.56 Å². The lowest BCUT2D eigenvalue weighted by Crippen LogP contribution is -2.16. The van der Waals surface area contributed by atoms with Crippen molar-refractivity contribution in [1.29, 1.82) is 0 Å². The Kier molecular flexibility index (Phi) is 4.74.